The monoisotopic (exact) mass is 162 g/mol. The fourth-order valence-corrected chi connectivity index (χ4v) is 0.926. The van der Waals surface area contributed by atoms with Crippen LogP contribution < -0.4 is 0 Å². The Labute approximate surface area is 60.6 Å². The molecule has 0 heterocycles. The summed E-state index contributed by atoms with van der Waals surface area (Å²) in [6.07, 6.45) is 5.73. The summed E-state index contributed by atoms with van der Waals surface area (Å²) in [5, 5.41) is 0. The van der Waals surface area contributed by atoms with Gasteiger partial charge < -0.3 is 9.79 Å². The average molecular weight is 162 g/mol. The van der Waals surface area contributed by atoms with Crippen molar-refractivity contribution < 1.29 is 14.4 Å². The Morgan fingerprint density at radius 2 is 2.20 bits per heavy atom. The second-order valence-electron chi connectivity index (χ2n) is 2.18. The summed E-state index contributed by atoms with van der Waals surface area (Å²) >= 11 is 0. The van der Waals surface area contributed by atoms with Gasteiger partial charge in [0, 0.05) is 6.42 Å². The summed E-state index contributed by atoms with van der Waals surface area (Å²) < 4.78 is 10.5. The van der Waals surface area contributed by atoms with Crippen LogP contribution in [0.5, 0.6) is 0 Å². The van der Waals surface area contributed by atoms with Gasteiger partial charge in [-0.15, -0.1) is 12.3 Å². The molecule has 0 fully saturated rings. The van der Waals surface area contributed by atoms with E-state index in [-0.39, 0.29) is 0 Å². The molecule has 0 aliphatic carbocycles. The fourth-order valence-electron chi connectivity index (χ4n) is 0.460. The number of hydrogen-bond acceptors (Lipinski definition) is 1. The Hall–Kier alpha value is -0.290. The van der Waals surface area contributed by atoms with Crippen molar-refractivity contribution in [1.29, 1.82) is 0 Å². The fraction of sp³-hybridized carbons (Fsp3) is 0.667. The summed E-state index contributed by atoms with van der Waals surface area (Å²) in [6.45, 7) is 1.50. The molecular formula is C6H11O3P. The summed E-state index contributed by atoms with van der Waals surface area (Å²) in [5.74, 6) is 2.33. The van der Waals surface area contributed by atoms with Gasteiger partial charge in [-0.2, -0.15) is 0 Å². The molecule has 2 N–H and O–H groups in total. The normalized spacial score (nSPS) is 14.2. The van der Waals surface area contributed by atoms with Gasteiger partial charge in [0.15, 0.2) is 0 Å². The van der Waals surface area contributed by atoms with E-state index in [0.29, 0.717) is 12.8 Å². The molecule has 0 saturated heterocycles. The van der Waals surface area contributed by atoms with E-state index in [1.807, 2.05) is 0 Å². The highest BCUT2D eigenvalue weighted by atomic mass is 31.2. The maximum absolute atomic E-state index is 10.5. The first-order chi connectivity index (χ1) is 4.48. The first kappa shape index (κ1) is 9.71. The third kappa shape index (κ3) is 3.68. The third-order valence-electron chi connectivity index (χ3n) is 1.28. The minimum atomic E-state index is -3.88. The Bertz CT molecular complexity index is 176. The second kappa shape index (κ2) is 3.78. The molecule has 4 heteroatoms. The summed E-state index contributed by atoms with van der Waals surface area (Å²) in [7, 11) is -3.88. The van der Waals surface area contributed by atoms with Gasteiger partial charge in [0.1, 0.15) is 0 Å². The summed E-state index contributed by atoms with van der Waals surface area (Å²) in [4.78, 5) is 17.1. The van der Waals surface area contributed by atoms with Gasteiger partial charge in [0.05, 0.1) is 5.66 Å². The highest BCUT2D eigenvalue weighted by molar-refractivity contribution is 7.52. The zero-order chi connectivity index (χ0) is 8.20. The zero-order valence-electron chi connectivity index (χ0n) is 5.82. The number of terminal acetylenes is 1. The molecule has 0 saturated carbocycles. The number of rotatable bonds is 3. The predicted molar refractivity (Wildman–Crippen MR) is 39.6 cm³/mol. The molecule has 0 aromatic rings. The lowest BCUT2D eigenvalue weighted by molar-refractivity contribution is 0.358. The van der Waals surface area contributed by atoms with Gasteiger partial charge in [-0.05, 0) is 6.42 Å². The van der Waals surface area contributed by atoms with E-state index in [9.17, 15) is 4.57 Å². The summed E-state index contributed by atoms with van der Waals surface area (Å²) in [5.41, 5.74) is -0.608. The van der Waals surface area contributed by atoms with Crippen LogP contribution in [0.25, 0.3) is 0 Å². The molecule has 10 heavy (non-hydrogen) atoms. The van der Waals surface area contributed by atoms with E-state index in [1.54, 1.807) is 0 Å². The molecule has 0 aromatic carbocycles. The van der Waals surface area contributed by atoms with Crippen LogP contribution >= 0.6 is 7.60 Å². The third-order valence-corrected chi connectivity index (χ3v) is 2.69. The van der Waals surface area contributed by atoms with Gasteiger partial charge in [0.25, 0.3) is 0 Å². The minimum Gasteiger partial charge on any atom is -0.324 e. The molecule has 3 nitrogen and oxygen atoms in total. The van der Waals surface area contributed by atoms with Gasteiger partial charge in [0.2, 0.25) is 0 Å². The van der Waals surface area contributed by atoms with Crippen molar-refractivity contribution in [3.63, 3.8) is 0 Å². The highest BCUT2D eigenvalue weighted by Crippen LogP contribution is 2.42. The molecule has 0 aromatic heterocycles. The molecule has 0 rings (SSSR count). The lowest BCUT2D eigenvalue weighted by Gasteiger charge is -2.10. The van der Waals surface area contributed by atoms with Gasteiger partial charge in [-0.1, -0.05) is 6.92 Å². The van der Waals surface area contributed by atoms with Crippen molar-refractivity contribution in [2.24, 2.45) is 0 Å². The Morgan fingerprint density at radius 3 is 2.50 bits per heavy atom. The lowest BCUT2D eigenvalue weighted by atomic mass is 10.3. The van der Waals surface area contributed by atoms with E-state index in [4.69, 9.17) is 16.2 Å². The molecule has 0 radical (unpaired) electrons. The lowest BCUT2D eigenvalue weighted by Crippen LogP contribution is -2.01. The van der Waals surface area contributed by atoms with Crippen LogP contribution in [0.3, 0.4) is 0 Å². The van der Waals surface area contributed by atoms with E-state index >= 15 is 0 Å². The SMILES string of the molecule is C#CCCC(C)P(=O)(O)O. The maximum atomic E-state index is 10.5. The summed E-state index contributed by atoms with van der Waals surface area (Å²) in [6, 6.07) is 0. The molecule has 1 atom stereocenters. The quantitative estimate of drug-likeness (QED) is 0.480. The van der Waals surface area contributed by atoms with Crippen molar-refractivity contribution >= 4 is 7.60 Å². The van der Waals surface area contributed by atoms with Crippen LogP contribution in [-0.2, 0) is 4.57 Å². The topological polar surface area (TPSA) is 57.5 Å². The van der Waals surface area contributed by atoms with Crippen LogP contribution in [0, 0.1) is 12.3 Å². The van der Waals surface area contributed by atoms with E-state index in [0.717, 1.165) is 0 Å². The average Bonchev–Trinajstić information content (AvgIpc) is 1.80. The molecule has 0 aliphatic heterocycles. The zero-order valence-corrected chi connectivity index (χ0v) is 6.71. The van der Waals surface area contributed by atoms with Crippen molar-refractivity contribution in [3.8, 4) is 12.3 Å². The first-order valence-electron chi connectivity index (χ1n) is 2.97. The molecular weight excluding hydrogens is 151 g/mol. The minimum absolute atomic E-state index is 0.390. The molecule has 0 aliphatic rings. The molecule has 1 unspecified atom stereocenters. The van der Waals surface area contributed by atoms with Crippen LogP contribution in [0.1, 0.15) is 19.8 Å². The van der Waals surface area contributed by atoms with Crippen molar-refractivity contribution in [2.75, 3.05) is 0 Å². The Morgan fingerprint density at radius 1 is 1.70 bits per heavy atom. The molecule has 0 spiro atoms. The van der Waals surface area contributed by atoms with E-state index in [1.165, 1.54) is 6.92 Å². The molecule has 0 bridgehead atoms. The smallest absolute Gasteiger partial charge is 0.324 e. The maximum Gasteiger partial charge on any atom is 0.328 e. The van der Waals surface area contributed by atoms with E-state index < -0.39 is 13.3 Å². The van der Waals surface area contributed by atoms with E-state index in [2.05, 4.69) is 5.92 Å². The van der Waals surface area contributed by atoms with Crippen molar-refractivity contribution in [2.45, 2.75) is 25.4 Å². The van der Waals surface area contributed by atoms with Crippen LogP contribution in [-0.4, -0.2) is 15.4 Å². The van der Waals surface area contributed by atoms with Crippen molar-refractivity contribution in [3.05, 3.63) is 0 Å². The van der Waals surface area contributed by atoms with Crippen LogP contribution in [0.4, 0.5) is 0 Å². The first-order valence-corrected chi connectivity index (χ1v) is 4.65. The largest absolute Gasteiger partial charge is 0.328 e. The molecule has 0 amide bonds. The van der Waals surface area contributed by atoms with Crippen LogP contribution in [0.2, 0.25) is 0 Å². The Balaban J connectivity index is 3.77. The Kier molecular flexibility index (Phi) is 3.67. The predicted octanol–water partition coefficient (Wildman–Crippen LogP) is 0.966. The standard InChI is InChI=1S/C6H11O3P/c1-3-4-5-6(2)10(7,8)9/h1,6H,4-5H2,2H3,(H2,7,8,9). The second-order valence-corrected chi connectivity index (χ2v) is 4.24. The van der Waals surface area contributed by atoms with Crippen molar-refractivity contribution in [1.82, 2.24) is 0 Å². The van der Waals surface area contributed by atoms with Gasteiger partial charge in [-0.3, -0.25) is 4.57 Å². The van der Waals surface area contributed by atoms with Gasteiger partial charge >= 0.3 is 7.60 Å². The van der Waals surface area contributed by atoms with Gasteiger partial charge in [-0.25, -0.2) is 0 Å². The van der Waals surface area contributed by atoms with Crippen LogP contribution in [0.15, 0.2) is 0 Å². The molecule has 58 valence electrons. The highest BCUT2D eigenvalue weighted by Gasteiger charge is 2.22. The number of hydrogen-bond donors (Lipinski definition) is 2.